The van der Waals surface area contributed by atoms with E-state index in [2.05, 4.69) is 10.6 Å². The third-order valence-electron chi connectivity index (χ3n) is 3.33. The van der Waals surface area contributed by atoms with Crippen LogP contribution < -0.4 is 15.4 Å². The molecule has 2 rings (SSSR count). The quantitative estimate of drug-likeness (QED) is 0.767. The topological polar surface area (TPSA) is 84.5 Å². The number of ether oxygens (including phenoxy) is 1. The Balaban J connectivity index is 1.88. The summed E-state index contributed by atoms with van der Waals surface area (Å²) in [6, 6.07) is 12.4. The van der Waals surface area contributed by atoms with Crippen LogP contribution in [0.25, 0.3) is 0 Å². The molecule has 2 aromatic rings. The predicted molar refractivity (Wildman–Crippen MR) is 103 cm³/mol. The summed E-state index contributed by atoms with van der Waals surface area (Å²) >= 11 is 5.82. The number of rotatable bonds is 5. The summed E-state index contributed by atoms with van der Waals surface area (Å²) in [5.41, 5.74) is 0.563. The van der Waals surface area contributed by atoms with Crippen LogP contribution in [0.2, 0.25) is 5.02 Å². The molecule has 0 saturated heterocycles. The fraction of sp³-hybridized carbons (Fsp3) is 0.250. The van der Waals surface area contributed by atoms with Gasteiger partial charge in [0.1, 0.15) is 5.75 Å². The van der Waals surface area contributed by atoms with Crippen molar-refractivity contribution in [3.05, 3.63) is 64.7 Å². The minimum atomic E-state index is -0.583. The van der Waals surface area contributed by atoms with E-state index in [9.17, 15) is 14.4 Å². The number of urea groups is 1. The van der Waals surface area contributed by atoms with Gasteiger partial charge in [-0.15, -0.1) is 0 Å². The number of hydrogen-bond donors (Lipinski definition) is 2. The molecule has 7 heteroatoms. The van der Waals surface area contributed by atoms with Crippen molar-refractivity contribution >= 4 is 29.3 Å². The normalized spacial score (nSPS) is 10.8. The van der Waals surface area contributed by atoms with E-state index in [1.165, 1.54) is 0 Å². The summed E-state index contributed by atoms with van der Waals surface area (Å²) in [5.74, 6) is -0.304. The highest BCUT2D eigenvalue weighted by Gasteiger charge is 2.16. The largest absolute Gasteiger partial charge is 0.484 e. The zero-order valence-corrected chi connectivity index (χ0v) is 16.1. The molecule has 0 spiro atoms. The van der Waals surface area contributed by atoms with Crippen molar-refractivity contribution in [2.24, 2.45) is 0 Å². The Bertz CT molecular complexity index is 825. The van der Waals surface area contributed by atoms with Gasteiger partial charge in [-0.1, -0.05) is 11.6 Å². The van der Waals surface area contributed by atoms with Gasteiger partial charge in [0, 0.05) is 21.7 Å². The van der Waals surface area contributed by atoms with Crippen molar-refractivity contribution in [1.82, 2.24) is 10.6 Å². The van der Waals surface area contributed by atoms with Crippen LogP contribution in [0.15, 0.2) is 48.5 Å². The Labute approximate surface area is 162 Å². The van der Waals surface area contributed by atoms with Gasteiger partial charge in [-0.05, 0) is 69.3 Å². The monoisotopic (exact) mass is 388 g/mol. The number of halogens is 1. The lowest BCUT2D eigenvalue weighted by atomic mass is 10.0. The Hall–Kier alpha value is -2.86. The Morgan fingerprint density at radius 1 is 0.926 bits per heavy atom. The molecule has 142 valence electrons. The Kier molecular flexibility index (Phi) is 6.58. The lowest BCUT2D eigenvalue weighted by molar-refractivity contribution is -0.122. The summed E-state index contributed by atoms with van der Waals surface area (Å²) in [4.78, 5) is 35.7. The minimum Gasteiger partial charge on any atom is -0.484 e. The standard InChI is InChI=1S/C20H21ClN2O4/c1-20(2,3)23-19(26)22-17(24)12-27-16-10-6-14(7-11-16)18(25)13-4-8-15(21)9-5-13/h4-11H,12H2,1-3H3,(H2,22,23,24,26). The first-order chi connectivity index (χ1) is 12.6. The van der Waals surface area contributed by atoms with Crippen LogP contribution in [0.5, 0.6) is 5.75 Å². The molecule has 0 aliphatic rings. The molecule has 0 fully saturated rings. The number of imide groups is 1. The maximum atomic E-state index is 12.4. The van der Waals surface area contributed by atoms with Crippen LogP contribution >= 0.6 is 11.6 Å². The lowest BCUT2D eigenvalue weighted by Crippen LogP contribution is -2.49. The molecular formula is C20H21ClN2O4. The summed E-state index contributed by atoms with van der Waals surface area (Å²) in [7, 11) is 0. The van der Waals surface area contributed by atoms with E-state index in [1.807, 2.05) is 0 Å². The van der Waals surface area contributed by atoms with Gasteiger partial charge in [-0.3, -0.25) is 14.9 Å². The number of ketones is 1. The molecular weight excluding hydrogens is 368 g/mol. The van der Waals surface area contributed by atoms with Crippen molar-refractivity contribution in [1.29, 1.82) is 0 Å². The van der Waals surface area contributed by atoms with E-state index < -0.39 is 17.5 Å². The zero-order chi connectivity index (χ0) is 20.0. The van der Waals surface area contributed by atoms with Gasteiger partial charge in [0.2, 0.25) is 0 Å². The average Bonchev–Trinajstić information content (AvgIpc) is 2.59. The van der Waals surface area contributed by atoms with E-state index in [1.54, 1.807) is 69.3 Å². The first-order valence-electron chi connectivity index (χ1n) is 8.29. The highest BCUT2D eigenvalue weighted by Crippen LogP contribution is 2.17. The molecule has 0 saturated carbocycles. The van der Waals surface area contributed by atoms with Gasteiger partial charge in [-0.25, -0.2) is 4.79 Å². The van der Waals surface area contributed by atoms with Crippen molar-refractivity contribution < 1.29 is 19.1 Å². The molecule has 0 aromatic heterocycles. The van der Waals surface area contributed by atoms with Gasteiger partial charge < -0.3 is 10.1 Å². The predicted octanol–water partition coefficient (Wildman–Crippen LogP) is 3.57. The lowest BCUT2D eigenvalue weighted by Gasteiger charge is -2.20. The van der Waals surface area contributed by atoms with Crippen LogP contribution in [-0.4, -0.2) is 29.9 Å². The summed E-state index contributed by atoms with van der Waals surface area (Å²) in [6.45, 7) is 5.10. The maximum absolute atomic E-state index is 12.4. The second-order valence-corrected chi connectivity index (χ2v) is 7.34. The van der Waals surface area contributed by atoms with Gasteiger partial charge >= 0.3 is 6.03 Å². The van der Waals surface area contributed by atoms with Crippen LogP contribution in [0.4, 0.5) is 4.79 Å². The van der Waals surface area contributed by atoms with E-state index >= 15 is 0 Å². The molecule has 0 aliphatic heterocycles. The first-order valence-corrected chi connectivity index (χ1v) is 8.67. The number of carbonyl (C=O) groups is 3. The van der Waals surface area contributed by atoms with E-state index in [0.29, 0.717) is 21.9 Å². The highest BCUT2D eigenvalue weighted by atomic mass is 35.5. The van der Waals surface area contributed by atoms with E-state index in [0.717, 1.165) is 0 Å². The SMILES string of the molecule is CC(C)(C)NC(=O)NC(=O)COc1ccc(C(=O)c2ccc(Cl)cc2)cc1. The molecule has 0 heterocycles. The van der Waals surface area contributed by atoms with Crippen molar-refractivity contribution in [2.75, 3.05) is 6.61 Å². The second-order valence-electron chi connectivity index (χ2n) is 6.90. The molecule has 0 bridgehead atoms. The Morgan fingerprint density at radius 3 is 1.96 bits per heavy atom. The smallest absolute Gasteiger partial charge is 0.321 e. The highest BCUT2D eigenvalue weighted by molar-refractivity contribution is 6.30. The fourth-order valence-electron chi connectivity index (χ4n) is 2.15. The maximum Gasteiger partial charge on any atom is 0.321 e. The van der Waals surface area contributed by atoms with Crippen LogP contribution in [0.3, 0.4) is 0 Å². The molecule has 2 aromatic carbocycles. The summed E-state index contributed by atoms with van der Waals surface area (Å²) in [5, 5.41) is 5.36. The van der Waals surface area contributed by atoms with Gasteiger partial charge in [-0.2, -0.15) is 0 Å². The van der Waals surface area contributed by atoms with Gasteiger partial charge in [0.25, 0.3) is 5.91 Å². The molecule has 27 heavy (non-hydrogen) atoms. The third-order valence-corrected chi connectivity index (χ3v) is 3.59. The molecule has 0 unspecified atom stereocenters. The van der Waals surface area contributed by atoms with E-state index in [4.69, 9.17) is 16.3 Å². The fourth-order valence-corrected chi connectivity index (χ4v) is 2.28. The van der Waals surface area contributed by atoms with Crippen LogP contribution in [0.1, 0.15) is 36.7 Å². The van der Waals surface area contributed by atoms with Crippen molar-refractivity contribution in [3.8, 4) is 5.75 Å². The van der Waals surface area contributed by atoms with Gasteiger partial charge in [0.15, 0.2) is 12.4 Å². The van der Waals surface area contributed by atoms with E-state index in [-0.39, 0.29) is 12.4 Å². The molecule has 0 aliphatic carbocycles. The number of benzene rings is 2. The van der Waals surface area contributed by atoms with Crippen LogP contribution in [0, 0.1) is 0 Å². The van der Waals surface area contributed by atoms with Gasteiger partial charge in [0.05, 0.1) is 0 Å². The molecule has 6 nitrogen and oxygen atoms in total. The second kappa shape index (κ2) is 8.68. The number of amides is 3. The minimum absolute atomic E-state index is 0.144. The number of carbonyl (C=O) groups excluding carboxylic acids is 3. The zero-order valence-electron chi connectivity index (χ0n) is 15.3. The third kappa shape index (κ3) is 6.75. The molecule has 3 amide bonds. The summed E-state index contributed by atoms with van der Waals surface area (Å²) < 4.78 is 5.33. The van der Waals surface area contributed by atoms with Crippen molar-refractivity contribution in [2.45, 2.75) is 26.3 Å². The first kappa shape index (κ1) is 20.5. The molecule has 0 radical (unpaired) electrons. The summed E-state index contributed by atoms with van der Waals surface area (Å²) in [6.07, 6.45) is 0. The number of nitrogens with one attached hydrogen (secondary N) is 2. The van der Waals surface area contributed by atoms with Crippen LogP contribution in [-0.2, 0) is 4.79 Å². The Morgan fingerprint density at radius 2 is 1.44 bits per heavy atom. The molecule has 0 atom stereocenters. The number of hydrogen-bond acceptors (Lipinski definition) is 4. The molecule has 2 N–H and O–H groups in total. The van der Waals surface area contributed by atoms with Crippen molar-refractivity contribution in [3.63, 3.8) is 0 Å². The average molecular weight is 389 g/mol.